The number of aromatic nitrogens is 2. The summed E-state index contributed by atoms with van der Waals surface area (Å²) in [6.45, 7) is 4.33. The van der Waals surface area contributed by atoms with Gasteiger partial charge < -0.3 is 0 Å². The summed E-state index contributed by atoms with van der Waals surface area (Å²) in [7, 11) is 0. The van der Waals surface area contributed by atoms with Gasteiger partial charge in [0, 0.05) is 12.6 Å². The maximum Gasteiger partial charge on any atom is 0.171 e. The van der Waals surface area contributed by atoms with Crippen molar-refractivity contribution in [2.24, 2.45) is 0 Å². The number of Topliss-reactive ketones (excluding diaryl/α,β-unsaturated/α-hetero) is 1. The Morgan fingerprint density at radius 3 is 2.62 bits per heavy atom. The first-order chi connectivity index (χ1) is 10.1. The van der Waals surface area contributed by atoms with Crippen LogP contribution in [0.4, 0.5) is 0 Å². The molecule has 0 aliphatic carbocycles. The van der Waals surface area contributed by atoms with Gasteiger partial charge in [0.15, 0.2) is 5.78 Å². The lowest BCUT2D eigenvalue weighted by atomic mass is 9.99. The molecule has 3 heteroatoms. The number of carbonyl (C=O) groups is 1. The first kappa shape index (κ1) is 13.6. The summed E-state index contributed by atoms with van der Waals surface area (Å²) >= 11 is 0. The van der Waals surface area contributed by atoms with Gasteiger partial charge in [0.25, 0.3) is 0 Å². The maximum absolute atomic E-state index is 12.5. The Bertz CT molecular complexity index is 769. The molecule has 106 valence electrons. The van der Waals surface area contributed by atoms with Crippen molar-refractivity contribution in [3.05, 3.63) is 71.5 Å². The predicted octanol–water partition coefficient (Wildman–Crippen LogP) is 3.88. The second-order valence-corrected chi connectivity index (χ2v) is 5.58. The molecule has 0 saturated carbocycles. The number of benzene rings is 1. The van der Waals surface area contributed by atoms with Crippen molar-refractivity contribution < 1.29 is 4.79 Å². The number of rotatable bonds is 4. The Labute approximate surface area is 124 Å². The van der Waals surface area contributed by atoms with Crippen molar-refractivity contribution >= 4 is 11.3 Å². The molecule has 1 aromatic carbocycles. The molecule has 21 heavy (non-hydrogen) atoms. The normalized spacial score (nSPS) is 11.2. The Morgan fingerprint density at radius 2 is 1.90 bits per heavy atom. The van der Waals surface area contributed by atoms with Crippen LogP contribution in [0.3, 0.4) is 0 Å². The summed E-state index contributed by atoms with van der Waals surface area (Å²) in [6.07, 6.45) is 3.92. The first-order valence-electron chi connectivity index (χ1n) is 7.19. The van der Waals surface area contributed by atoms with Gasteiger partial charge in [-0.1, -0.05) is 44.2 Å². The summed E-state index contributed by atoms with van der Waals surface area (Å²) in [5.74, 6) is 0.614. The maximum atomic E-state index is 12.5. The molecule has 0 fully saturated rings. The second-order valence-electron chi connectivity index (χ2n) is 5.58. The summed E-state index contributed by atoms with van der Waals surface area (Å²) in [4.78, 5) is 12.5. The molecule has 0 radical (unpaired) electrons. The predicted molar refractivity (Wildman–Crippen MR) is 83.8 cm³/mol. The largest absolute Gasteiger partial charge is 0.294 e. The molecule has 3 nitrogen and oxygen atoms in total. The average molecular weight is 278 g/mol. The smallest absolute Gasteiger partial charge is 0.171 e. The monoisotopic (exact) mass is 278 g/mol. The third-order valence-corrected chi connectivity index (χ3v) is 3.74. The molecule has 0 aliphatic rings. The third-order valence-electron chi connectivity index (χ3n) is 3.74. The fourth-order valence-corrected chi connectivity index (χ4v) is 2.45. The van der Waals surface area contributed by atoms with Crippen molar-refractivity contribution in [3.8, 4) is 0 Å². The highest BCUT2D eigenvalue weighted by Crippen LogP contribution is 2.17. The van der Waals surface area contributed by atoms with Crippen LogP contribution in [-0.2, 0) is 6.42 Å². The molecule has 0 bridgehead atoms. The highest BCUT2D eigenvalue weighted by molar-refractivity contribution is 6.03. The number of hydrogen-bond acceptors (Lipinski definition) is 2. The fourth-order valence-electron chi connectivity index (χ4n) is 2.45. The van der Waals surface area contributed by atoms with Crippen LogP contribution in [0.25, 0.3) is 5.52 Å². The lowest BCUT2D eigenvalue weighted by Crippen LogP contribution is -2.03. The first-order valence-corrected chi connectivity index (χ1v) is 7.19. The van der Waals surface area contributed by atoms with Gasteiger partial charge in [0.2, 0.25) is 0 Å². The highest BCUT2D eigenvalue weighted by Gasteiger charge is 2.13. The van der Waals surface area contributed by atoms with Crippen molar-refractivity contribution in [2.75, 3.05) is 0 Å². The molecule has 0 amide bonds. The van der Waals surface area contributed by atoms with E-state index in [2.05, 4.69) is 31.1 Å². The van der Waals surface area contributed by atoms with Crippen LogP contribution in [0.1, 0.15) is 41.3 Å². The lowest BCUT2D eigenvalue weighted by Gasteiger charge is -2.06. The molecule has 3 aromatic rings. The quantitative estimate of drug-likeness (QED) is 0.679. The minimum absolute atomic E-state index is 0.105. The highest BCUT2D eigenvalue weighted by atomic mass is 16.1. The van der Waals surface area contributed by atoms with E-state index in [0.717, 1.165) is 11.1 Å². The molecule has 0 spiro atoms. The number of nitrogens with zero attached hydrogens (tertiary/aromatic N) is 2. The van der Waals surface area contributed by atoms with Crippen LogP contribution < -0.4 is 0 Å². The third kappa shape index (κ3) is 2.72. The van der Waals surface area contributed by atoms with E-state index in [1.165, 1.54) is 5.56 Å². The van der Waals surface area contributed by atoms with Crippen LogP contribution in [-0.4, -0.2) is 15.4 Å². The standard InChI is InChI=1S/C18H18N2O/c1-13(2)15-8-6-14(7-9-15)11-18(21)16-12-19-20-10-4-3-5-17(16)20/h3-10,12-13H,11H2,1-2H3. The van der Waals surface area contributed by atoms with Gasteiger partial charge in [-0.2, -0.15) is 5.10 Å². The number of hydrogen-bond donors (Lipinski definition) is 0. The van der Waals surface area contributed by atoms with E-state index >= 15 is 0 Å². The van der Waals surface area contributed by atoms with E-state index in [0.29, 0.717) is 17.9 Å². The van der Waals surface area contributed by atoms with Gasteiger partial charge in [-0.05, 0) is 29.2 Å². The Morgan fingerprint density at radius 1 is 1.14 bits per heavy atom. The van der Waals surface area contributed by atoms with E-state index in [1.54, 1.807) is 10.7 Å². The van der Waals surface area contributed by atoms with Crippen molar-refractivity contribution in [2.45, 2.75) is 26.2 Å². The molecule has 0 unspecified atom stereocenters. The minimum Gasteiger partial charge on any atom is -0.294 e. The van der Waals surface area contributed by atoms with Gasteiger partial charge in [-0.15, -0.1) is 0 Å². The van der Waals surface area contributed by atoms with Gasteiger partial charge in [-0.25, -0.2) is 4.52 Å². The summed E-state index contributed by atoms with van der Waals surface area (Å²) in [6, 6.07) is 14.0. The van der Waals surface area contributed by atoms with E-state index in [1.807, 2.05) is 36.5 Å². The zero-order valence-corrected chi connectivity index (χ0v) is 12.3. The van der Waals surface area contributed by atoms with Crippen LogP contribution in [0.5, 0.6) is 0 Å². The minimum atomic E-state index is 0.105. The Kier molecular flexibility index (Phi) is 3.57. The lowest BCUT2D eigenvalue weighted by molar-refractivity contribution is 0.0994. The molecule has 0 atom stereocenters. The van der Waals surface area contributed by atoms with E-state index < -0.39 is 0 Å². The SMILES string of the molecule is CC(C)c1ccc(CC(=O)c2cnn3ccccc23)cc1. The number of pyridine rings is 1. The molecule has 0 saturated heterocycles. The second kappa shape index (κ2) is 5.52. The molecular formula is C18H18N2O. The fraction of sp³-hybridized carbons (Fsp3) is 0.222. The summed E-state index contributed by atoms with van der Waals surface area (Å²) in [5, 5.41) is 4.21. The van der Waals surface area contributed by atoms with Gasteiger partial charge in [-0.3, -0.25) is 4.79 Å². The topological polar surface area (TPSA) is 34.4 Å². The Hall–Kier alpha value is -2.42. The van der Waals surface area contributed by atoms with E-state index in [9.17, 15) is 4.79 Å². The number of ketones is 1. The van der Waals surface area contributed by atoms with Gasteiger partial charge in [0.1, 0.15) is 0 Å². The van der Waals surface area contributed by atoms with Gasteiger partial charge >= 0.3 is 0 Å². The zero-order chi connectivity index (χ0) is 14.8. The molecular weight excluding hydrogens is 260 g/mol. The molecule has 0 aliphatic heterocycles. The van der Waals surface area contributed by atoms with E-state index in [4.69, 9.17) is 0 Å². The number of fused-ring (bicyclic) bond motifs is 1. The van der Waals surface area contributed by atoms with Crippen LogP contribution in [0.15, 0.2) is 54.9 Å². The molecule has 2 heterocycles. The average Bonchev–Trinajstić information content (AvgIpc) is 2.92. The van der Waals surface area contributed by atoms with Crippen LogP contribution >= 0.6 is 0 Å². The number of carbonyl (C=O) groups excluding carboxylic acids is 1. The van der Waals surface area contributed by atoms with Crippen molar-refractivity contribution in [1.29, 1.82) is 0 Å². The molecule has 3 rings (SSSR count). The van der Waals surface area contributed by atoms with Crippen LogP contribution in [0, 0.1) is 0 Å². The summed E-state index contributed by atoms with van der Waals surface area (Å²) < 4.78 is 1.73. The summed E-state index contributed by atoms with van der Waals surface area (Å²) in [5.41, 5.74) is 3.88. The molecule has 0 N–H and O–H groups in total. The van der Waals surface area contributed by atoms with Gasteiger partial charge in [0.05, 0.1) is 17.3 Å². The van der Waals surface area contributed by atoms with Crippen molar-refractivity contribution in [1.82, 2.24) is 9.61 Å². The zero-order valence-electron chi connectivity index (χ0n) is 12.3. The van der Waals surface area contributed by atoms with Crippen LogP contribution in [0.2, 0.25) is 0 Å². The van der Waals surface area contributed by atoms with Crippen molar-refractivity contribution in [3.63, 3.8) is 0 Å². The van der Waals surface area contributed by atoms with E-state index in [-0.39, 0.29) is 5.78 Å². The Balaban J connectivity index is 1.83. The molecule has 2 aromatic heterocycles.